The van der Waals surface area contributed by atoms with Crippen molar-refractivity contribution < 1.29 is 9.90 Å². The molecule has 22 heavy (non-hydrogen) atoms. The first-order valence-corrected chi connectivity index (χ1v) is 9.23. The molecule has 1 amide bonds. The Balaban J connectivity index is 1.96. The fourth-order valence-electron chi connectivity index (χ4n) is 3.99. The van der Waals surface area contributed by atoms with Crippen LogP contribution in [-0.4, -0.2) is 47.2 Å². The van der Waals surface area contributed by atoms with E-state index in [1.165, 1.54) is 38.5 Å². The van der Waals surface area contributed by atoms with Gasteiger partial charge in [-0.05, 0) is 51.1 Å². The number of rotatable bonds is 6. The zero-order chi connectivity index (χ0) is 16.0. The van der Waals surface area contributed by atoms with Crippen molar-refractivity contribution in [2.75, 3.05) is 19.6 Å². The average Bonchev–Trinajstić information content (AvgIpc) is 2.48. The van der Waals surface area contributed by atoms with Gasteiger partial charge in [0.05, 0.1) is 5.54 Å². The van der Waals surface area contributed by atoms with Gasteiger partial charge in [0.15, 0.2) is 0 Å². The first-order valence-electron chi connectivity index (χ1n) is 9.23. The van der Waals surface area contributed by atoms with Gasteiger partial charge in [-0.15, -0.1) is 0 Å². The molecule has 1 unspecified atom stereocenters. The van der Waals surface area contributed by atoms with Crippen molar-refractivity contribution in [1.82, 2.24) is 10.2 Å². The van der Waals surface area contributed by atoms with Gasteiger partial charge in [0.2, 0.25) is 5.91 Å². The number of carbonyl (C=O) groups excluding carboxylic acids is 1. The van der Waals surface area contributed by atoms with Crippen molar-refractivity contribution in [1.29, 1.82) is 0 Å². The van der Waals surface area contributed by atoms with Crippen LogP contribution in [0.1, 0.15) is 71.6 Å². The van der Waals surface area contributed by atoms with Gasteiger partial charge < -0.3 is 15.3 Å². The van der Waals surface area contributed by atoms with Gasteiger partial charge in [0.25, 0.3) is 0 Å². The topological polar surface area (TPSA) is 52.6 Å². The predicted molar refractivity (Wildman–Crippen MR) is 89.7 cm³/mol. The number of carbonyl (C=O) groups is 1. The highest BCUT2D eigenvalue weighted by Gasteiger charge is 2.36. The minimum atomic E-state index is -0.861. The summed E-state index contributed by atoms with van der Waals surface area (Å²) in [5.74, 6) is 0.178. The number of likely N-dealkylation sites (tertiary alicyclic amines) is 1. The highest BCUT2D eigenvalue weighted by atomic mass is 16.3. The number of nitrogens with zero attached hydrogens (tertiary/aromatic N) is 1. The maximum atomic E-state index is 12.4. The molecule has 1 saturated carbocycles. The molecule has 4 nitrogen and oxygen atoms in total. The fraction of sp³-hybridized carbons (Fsp3) is 0.944. The second-order valence-electron chi connectivity index (χ2n) is 7.81. The normalized spacial score (nSPS) is 24.2. The summed E-state index contributed by atoms with van der Waals surface area (Å²) in [7, 11) is 0. The highest BCUT2D eigenvalue weighted by molar-refractivity contribution is 5.81. The molecule has 0 bridgehead atoms. The molecular formula is C18H34N2O2. The van der Waals surface area contributed by atoms with E-state index in [9.17, 15) is 9.90 Å². The molecule has 0 aromatic heterocycles. The molecule has 1 atom stereocenters. The Morgan fingerprint density at radius 3 is 2.27 bits per heavy atom. The third kappa shape index (κ3) is 5.24. The molecule has 2 rings (SSSR count). The lowest BCUT2D eigenvalue weighted by atomic mass is 9.80. The molecule has 1 aliphatic carbocycles. The van der Waals surface area contributed by atoms with Gasteiger partial charge in [-0.25, -0.2) is 0 Å². The molecule has 1 aliphatic heterocycles. The van der Waals surface area contributed by atoms with Crippen LogP contribution in [0.15, 0.2) is 0 Å². The van der Waals surface area contributed by atoms with E-state index in [0.717, 1.165) is 32.5 Å². The molecule has 4 heteroatoms. The van der Waals surface area contributed by atoms with Crippen molar-refractivity contribution in [2.24, 2.45) is 5.92 Å². The SMILES string of the molecule is CC(C)CC(O)C(=O)NC1(CN2CCCCC2)CCCCC1. The Kier molecular flexibility index (Phi) is 6.69. The van der Waals surface area contributed by atoms with Crippen LogP contribution in [0.4, 0.5) is 0 Å². The molecule has 0 aromatic rings. The van der Waals surface area contributed by atoms with Crippen LogP contribution in [0.2, 0.25) is 0 Å². The van der Waals surface area contributed by atoms with Crippen molar-refractivity contribution in [2.45, 2.75) is 83.3 Å². The summed E-state index contributed by atoms with van der Waals surface area (Å²) in [6.45, 7) is 7.37. The quantitative estimate of drug-likeness (QED) is 0.793. The third-order valence-electron chi connectivity index (χ3n) is 5.17. The van der Waals surface area contributed by atoms with E-state index >= 15 is 0 Å². The van der Waals surface area contributed by atoms with Crippen LogP contribution < -0.4 is 5.32 Å². The fourth-order valence-corrected chi connectivity index (χ4v) is 3.99. The zero-order valence-electron chi connectivity index (χ0n) is 14.4. The van der Waals surface area contributed by atoms with E-state index < -0.39 is 6.10 Å². The van der Waals surface area contributed by atoms with Gasteiger partial charge in [-0.2, -0.15) is 0 Å². The van der Waals surface area contributed by atoms with E-state index in [2.05, 4.69) is 10.2 Å². The Morgan fingerprint density at radius 2 is 1.68 bits per heavy atom. The number of aliphatic hydroxyl groups excluding tert-OH is 1. The van der Waals surface area contributed by atoms with Crippen molar-refractivity contribution in [3.63, 3.8) is 0 Å². The van der Waals surface area contributed by atoms with Gasteiger partial charge in [-0.1, -0.05) is 39.5 Å². The molecule has 0 radical (unpaired) electrons. The van der Waals surface area contributed by atoms with Crippen molar-refractivity contribution in [3.8, 4) is 0 Å². The summed E-state index contributed by atoms with van der Waals surface area (Å²) in [6, 6.07) is 0. The number of nitrogens with one attached hydrogen (secondary N) is 1. The van der Waals surface area contributed by atoms with E-state index in [1.807, 2.05) is 13.8 Å². The molecular weight excluding hydrogens is 276 g/mol. The average molecular weight is 310 g/mol. The highest BCUT2D eigenvalue weighted by Crippen LogP contribution is 2.30. The van der Waals surface area contributed by atoms with E-state index in [1.54, 1.807) is 0 Å². The molecule has 2 aliphatic rings. The summed E-state index contributed by atoms with van der Waals surface area (Å²) >= 11 is 0. The Morgan fingerprint density at radius 1 is 1.09 bits per heavy atom. The van der Waals surface area contributed by atoms with Crippen molar-refractivity contribution >= 4 is 5.91 Å². The lowest BCUT2D eigenvalue weighted by molar-refractivity contribution is -0.133. The Labute approximate surface area is 135 Å². The molecule has 2 N–H and O–H groups in total. The van der Waals surface area contributed by atoms with E-state index in [0.29, 0.717) is 12.3 Å². The summed E-state index contributed by atoms with van der Waals surface area (Å²) in [6.07, 6.45) is 9.34. The lowest BCUT2D eigenvalue weighted by Crippen LogP contribution is -2.59. The number of amides is 1. The minimum Gasteiger partial charge on any atom is -0.383 e. The number of hydrogen-bond acceptors (Lipinski definition) is 3. The van der Waals surface area contributed by atoms with Crippen LogP contribution >= 0.6 is 0 Å². The third-order valence-corrected chi connectivity index (χ3v) is 5.17. The first kappa shape index (κ1) is 17.7. The zero-order valence-corrected chi connectivity index (χ0v) is 14.4. The van der Waals surface area contributed by atoms with Gasteiger partial charge in [0, 0.05) is 6.54 Å². The summed E-state index contributed by atoms with van der Waals surface area (Å²) in [5, 5.41) is 13.4. The second-order valence-corrected chi connectivity index (χ2v) is 7.81. The first-order chi connectivity index (χ1) is 10.5. The minimum absolute atomic E-state index is 0.107. The summed E-state index contributed by atoms with van der Waals surface area (Å²) in [4.78, 5) is 14.9. The molecule has 0 aromatic carbocycles. The molecule has 1 saturated heterocycles. The predicted octanol–water partition coefficient (Wildman–Crippen LogP) is 2.70. The number of hydrogen-bond donors (Lipinski definition) is 2. The van der Waals surface area contributed by atoms with Gasteiger partial charge in [-0.3, -0.25) is 4.79 Å². The number of aliphatic hydroxyl groups is 1. The largest absolute Gasteiger partial charge is 0.383 e. The van der Waals surface area contributed by atoms with E-state index in [-0.39, 0.29) is 11.4 Å². The van der Waals surface area contributed by atoms with E-state index in [4.69, 9.17) is 0 Å². The van der Waals surface area contributed by atoms with Crippen LogP contribution in [0.25, 0.3) is 0 Å². The summed E-state index contributed by atoms with van der Waals surface area (Å²) in [5.41, 5.74) is -0.107. The van der Waals surface area contributed by atoms with Crippen LogP contribution in [0, 0.1) is 5.92 Å². The van der Waals surface area contributed by atoms with Gasteiger partial charge in [0.1, 0.15) is 6.10 Å². The molecule has 1 heterocycles. The standard InChI is InChI=1S/C18H34N2O2/c1-15(2)13-16(21)17(22)19-18(9-5-3-6-10-18)14-20-11-7-4-8-12-20/h15-16,21H,3-14H2,1-2H3,(H,19,22). The molecule has 0 spiro atoms. The molecule has 128 valence electrons. The number of piperidine rings is 1. The van der Waals surface area contributed by atoms with Crippen molar-refractivity contribution in [3.05, 3.63) is 0 Å². The Bertz CT molecular complexity index is 345. The van der Waals surface area contributed by atoms with Gasteiger partial charge >= 0.3 is 0 Å². The van der Waals surface area contributed by atoms with Crippen LogP contribution in [0.3, 0.4) is 0 Å². The monoisotopic (exact) mass is 310 g/mol. The smallest absolute Gasteiger partial charge is 0.249 e. The van der Waals surface area contributed by atoms with Crippen LogP contribution in [0.5, 0.6) is 0 Å². The lowest BCUT2D eigenvalue weighted by Gasteiger charge is -2.43. The maximum Gasteiger partial charge on any atom is 0.249 e. The second kappa shape index (κ2) is 8.30. The van der Waals surface area contributed by atoms with Crippen LogP contribution in [-0.2, 0) is 4.79 Å². The Hall–Kier alpha value is -0.610. The summed E-state index contributed by atoms with van der Waals surface area (Å²) < 4.78 is 0. The molecule has 2 fully saturated rings. The maximum absolute atomic E-state index is 12.4.